The number of rotatable bonds is 3. The number of nitrogens with two attached hydrogens (primary N) is 1. The second-order valence-corrected chi connectivity index (χ2v) is 5.04. The summed E-state index contributed by atoms with van der Waals surface area (Å²) in [6.45, 7) is 1.98. The maximum Gasteiger partial charge on any atom is 0.0705 e. The van der Waals surface area contributed by atoms with Crippen LogP contribution in [0.1, 0.15) is 23.0 Å². The summed E-state index contributed by atoms with van der Waals surface area (Å²) < 4.78 is 0. The SMILES string of the molecule is Cc1cc(C(N)Cc2ccc3ccccc3n2)ccn1. The third kappa shape index (κ3) is 2.68. The van der Waals surface area contributed by atoms with Crippen LogP contribution in [-0.2, 0) is 6.42 Å². The quantitative estimate of drug-likeness (QED) is 0.789. The summed E-state index contributed by atoms with van der Waals surface area (Å²) in [5.41, 5.74) is 10.4. The summed E-state index contributed by atoms with van der Waals surface area (Å²) in [6, 6.07) is 16.2. The lowest BCUT2D eigenvalue weighted by Crippen LogP contribution is -2.14. The molecule has 0 amide bonds. The molecule has 3 nitrogen and oxygen atoms in total. The van der Waals surface area contributed by atoms with Crippen LogP contribution in [0.2, 0.25) is 0 Å². The molecule has 0 radical (unpaired) electrons. The summed E-state index contributed by atoms with van der Waals surface area (Å²) in [4.78, 5) is 8.87. The van der Waals surface area contributed by atoms with Gasteiger partial charge in [-0.25, -0.2) is 0 Å². The fourth-order valence-electron chi connectivity index (χ4n) is 2.36. The van der Waals surface area contributed by atoms with Crippen molar-refractivity contribution in [3.63, 3.8) is 0 Å². The fourth-order valence-corrected chi connectivity index (χ4v) is 2.36. The van der Waals surface area contributed by atoms with Gasteiger partial charge in [-0.2, -0.15) is 0 Å². The molecular weight excluding hydrogens is 246 g/mol. The molecule has 0 saturated heterocycles. The van der Waals surface area contributed by atoms with Gasteiger partial charge in [0.2, 0.25) is 0 Å². The van der Waals surface area contributed by atoms with E-state index in [1.54, 1.807) is 6.20 Å². The highest BCUT2D eigenvalue weighted by Crippen LogP contribution is 2.18. The van der Waals surface area contributed by atoms with Gasteiger partial charge in [0.15, 0.2) is 0 Å². The number of nitrogens with zero attached hydrogens (tertiary/aromatic N) is 2. The van der Waals surface area contributed by atoms with Crippen LogP contribution in [-0.4, -0.2) is 9.97 Å². The molecule has 2 N–H and O–H groups in total. The highest BCUT2D eigenvalue weighted by atomic mass is 14.7. The van der Waals surface area contributed by atoms with Crippen molar-refractivity contribution in [2.45, 2.75) is 19.4 Å². The molecule has 0 aliphatic carbocycles. The Balaban J connectivity index is 1.85. The maximum atomic E-state index is 6.27. The van der Waals surface area contributed by atoms with E-state index in [1.807, 2.05) is 37.3 Å². The number of aryl methyl sites for hydroxylation is 1. The average molecular weight is 263 g/mol. The second-order valence-electron chi connectivity index (χ2n) is 5.04. The van der Waals surface area contributed by atoms with Crippen molar-refractivity contribution in [3.8, 4) is 0 Å². The first-order valence-electron chi connectivity index (χ1n) is 6.75. The number of pyridine rings is 2. The first-order chi connectivity index (χ1) is 9.72. The Hall–Kier alpha value is -2.26. The Bertz CT molecular complexity index is 737. The molecule has 1 atom stereocenters. The molecule has 0 fully saturated rings. The van der Waals surface area contributed by atoms with E-state index in [0.29, 0.717) is 0 Å². The van der Waals surface area contributed by atoms with Gasteiger partial charge in [0.25, 0.3) is 0 Å². The smallest absolute Gasteiger partial charge is 0.0705 e. The van der Waals surface area contributed by atoms with Crippen LogP contribution in [0.5, 0.6) is 0 Å². The Morgan fingerprint density at radius 2 is 1.95 bits per heavy atom. The third-order valence-corrected chi connectivity index (χ3v) is 3.43. The van der Waals surface area contributed by atoms with E-state index in [0.717, 1.165) is 34.3 Å². The van der Waals surface area contributed by atoms with E-state index in [2.05, 4.69) is 28.2 Å². The second kappa shape index (κ2) is 5.39. The first-order valence-corrected chi connectivity index (χ1v) is 6.75. The zero-order valence-electron chi connectivity index (χ0n) is 11.5. The van der Waals surface area contributed by atoms with Gasteiger partial charge in [-0.1, -0.05) is 24.3 Å². The minimum Gasteiger partial charge on any atom is -0.324 e. The molecule has 3 heteroatoms. The van der Waals surface area contributed by atoms with Gasteiger partial charge >= 0.3 is 0 Å². The van der Waals surface area contributed by atoms with Crippen LogP contribution in [0.3, 0.4) is 0 Å². The Labute approximate surface area is 118 Å². The monoisotopic (exact) mass is 263 g/mol. The Kier molecular flexibility index (Phi) is 3.44. The van der Waals surface area contributed by atoms with Crippen LogP contribution in [0.25, 0.3) is 10.9 Å². The van der Waals surface area contributed by atoms with Gasteiger partial charge in [-0.05, 0) is 36.8 Å². The van der Waals surface area contributed by atoms with Crippen LogP contribution in [0.15, 0.2) is 54.7 Å². The maximum absolute atomic E-state index is 6.27. The molecular formula is C17H17N3. The van der Waals surface area contributed by atoms with Crippen molar-refractivity contribution in [2.24, 2.45) is 5.73 Å². The number of fused-ring (bicyclic) bond motifs is 1. The fraction of sp³-hybridized carbons (Fsp3) is 0.176. The van der Waals surface area contributed by atoms with Crippen LogP contribution in [0, 0.1) is 6.92 Å². The molecule has 1 unspecified atom stereocenters. The van der Waals surface area contributed by atoms with Crippen LogP contribution < -0.4 is 5.73 Å². The van der Waals surface area contributed by atoms with Gasteiger partial charge in [0, 0.05) is 35.4 Å². The lowest BCUT2D eigenvalue weighted by atomic mass is 10.0. The van der Waals surface area contributed by atoms with Crippen molar-refractivity contribution >= 4 is 10.9 Å². The summed E-state index contributed by atoms with van der Waals surface area (Å²) >= 11 is 0. The Morgan fingerprint density at radius 3 is 2.80 bits per heavy atom. The standard InChI is InChI=1S/C17H17N3/c1-12-10-14(8-9-19-12)16(18)11-15-7-6-13-4-2-3-5-17(13)20-15/h2-10,16H,11,18H2,1H3. The predicted octanol–water partition coefficient (Wildman–Crippen LogP) is 3.18. The molecule has 0 bridgehead atoms. The minimum atomic E-state index is -0.0506. The van der Waals surface area contributed by atoms with Crippen molar-refractivity contribution in [3.05, 3.63) is 71.7 Å². The molecule has 1 aromatic carbocycles. The largest absolute Gasteiger partial charge is 0.324 e. The van der Waals surface area contributed by atoms with Crippen LogP contribution >= 0.6 is 0 Å². The summed E-state index contributed by atoms with van der Waals surface area (Å²) in [5.74, 6) is 0. The van der Waals surface area contributed by atoms with Gasteiger partial charge in [0.1, 0.15) is 0 Å². The lowest BCUT2D eigenvalue weighted by molar-refractivity contribution is 0.706. The molecule has 3 rings (SSSR count). The van der Waals surface area contributed by atoms with Gasteiger partial charge in [-0.3, -0.25) is 9.97 Å². The van der Waals surface area contributed by atoms with E-state index >= 15 is 0 Å². The van der Waals surface area contributed by atoms with Crippen molar-refractivity contribution < 1.29 is 0 Å². The summed E-state index contributed by atoms with van der Waals surface area (Å²) in [6.07, 6.45) is 2.53. The summed E-state index contributed by atoms with van der Waals surface area (Å²) in [7, 11) is 0. The molecule has 0 aliphatic heterocycles. The minimum absolute atomic E-state index is 0.0506. The molecule has 20 heavy (non-hydrogen) atoms. The van der Waals surface area contributed by atoms with Gasteiger partial charge in [-0.15, -0.1) is 0 Å². The summed E-state index contributed by atoms with van der Waals surface area (Å²) in [5, 5.41) is 1.16. The van der Waals surface area contributed by atoms with E-state index in [-0.39, 0.29) is 6.04 Å². The van der Waals surface area contributed by atoms with Gasteiger partial charge < -0.3 is 5.73 Å². The van der Waals surface area contributed by atoms with E-state index in [4.69, 9.17) is 5.73 Å². The molecule has 3 aromatic rings. The number of aromatic nitrogens is 2. The van der Waals surface area contributed by atoms with Crippen LogP contribution in [0.4, 0.5) is 0 Å². The lowest BCUT2D eigenvalue weighted by Gasteiger charge is -2.12. The molecule has 0 spiro atoms. The van der Waals surface area contributed by atoms with E-state index < -0.39 is 0 Å². The first kappa shape index (κ1) is 12.8. The number of hydrogen-bond donors (Lipinski definition) is 1. The molecule has 2 heterocycles. The normalized spacial score (nSPS) is 12.5. The van der Waals surface area contributed by atoms with Crippen molar-refractivity contribution in [1.29, 1.82) is 0 Å². The zero-order chi connectivity index (χ0) is 13.9. The zero-order valence-corrected chi connectivity index (χ0v) is 11.5. The molecule has 0 saturated carbocycles. The highest BCUT2D eigenvalue weighted by molar-refractivity contribution is 5.78. The molecule has 2 aromatic heterocycles. The number of para-hydroxylation sites is 1. The predicted molar refractivity (Wildman–Crippen MR) is 81.3 cm³/mol. The topological polar surface area (TPSA) is 51.8 Å². The molecule has 0 aliphatic rings. The van der Waals surface area contributed by atoms with Crippen molar-refractivity contribution in [1.82, 2.24) is 9.97 Å². The third-order valence-electron chi connectivity index (χ3n) is 3.43. The van der Waals surface area contributed by atoms with Gasteiger partial charge in [0.05, 0.1) is 5.52 Å². The highest BCUT2D eigenvalue weighted by Gasteiger charge is 2.09. The average Bonchev–Trinajstić information content (AvgIpc) is 2.47. The van der Waals surface area contributed by atoms with E-state index in [9.17, 15) is 0 Å². The number of hydrogen-bond acceptors (Lipinski definition) is 3. The van der Waals surface area contributed by atoms with Crippen molar-refractivity contribution in [2.75, 3.05) is 0 Å². The Morgan fingerprint density at radius 1 is 1.10 bits per heavy atom. The number of benzene rings is 1. The van der Waals surface area contributed by atoms with E-state index in [1.165, 1.54) is 0 Å². The molecule has 100 valence electrons.